The number of hydrogen-bond acceptors (Lipinski definition) is 6. The van der Waals surface area contributed by atoms with Crippen LogP contribution in [0, 0.1) is 0 Å². The van der Waals surface area contributed by atoms with Crippen molar-refractivity contribution in [2.24, 2.45) is 0 Å². The number of carbonyl (C=O) groups excluding carboxylic acids is 2. The van der Waals surface area contributed by atoms with Crippen molar-refractivity contribution in [1.29, 1.82) is 0 Å². The van der Waals surface area contributed by atoms with Gasteiger partial charge >= 0.3 is 0 Å². The molecule has 1 fully saturated rings. The normalized spacial score (nSPS) is 17.1. The van der Waals surface area contributed by atoms with Crippen molar-refractivity contribution < 1.29 is 24.2 Å². The first-order chi connectivity index (χ1) is 16.9. The van der Waals surface area contributed by atoms with E-state index in [1.807, 2.05) is 12.1 Å². The highest BCUT2D eigenvalue weighted by Gasteiger charge is 2.45. The van der Waals surface area contributed by atoms with Gasteiger partial charge in [0, 0.05) is 12.1 Å². The van der Waals surface area contributed by atoms with E-state index in [2.05, 4.69) is 25.3 Å². The Hall–Kier alpha value is -3.58. The second-order valence-electron chi connectivity index (χ2n) is 8.27. The minimum Gasteiger partial charge on any atom is -0.507 e. The van der Waals surface area contributed by atoms with Crippen LogP contribution in [0.4, 0.5) is 0 Å². The molecule has 1 amide bonds. The van der Waals surface area contributed by atoms with E-state index < -0.39 is 17.7 Å². The molecule has 1 atom stereocenters. The minimum atomic E-state index is -0.692. The standard InChI is InChI=1S/C28H34N2O5/c1-5-19-35-23-15-9-20(10-16-23)25-24(26(31)21-11-13-22(34-4)14-12-21)27(32)28(33)30(25)18-8-17-29(6-2)7-3/h5,9-16,25,31H,1,6-8,17-19H2,2-4H3/b26-24-. The van der Waals surface area contributed by atoms with Crippen LogP contribution in [0.15, 0.2) is 66.8 Å². The quantitative estimate of drug-likeness (QED) is 0.211. The molecule has 35 heavy (non-hydrogen) atoms. The van der Waals surface area contributed by atoms with Crippen molar-refractivity contribution in [3.63, 3.8) is 0 Å². The molecule has 0 bridgehead atoms. The number of aliphatic hydroxyl groups excluding tert-OH is 1. The first kappa shape index (κ1) is 26.0. The van der Waals surface area contributed by atoms with Crippen LogP contribution in [0.5, 0.6) is 11.5 Å². The molecule has 0 spiro atoms. The van der Waals surface area contributed by atoms with Gasteiger partial charge in [-0.1, -0.05) is 38.6 Å². The zero-order chi connectivity index (χ0) is 25.4. The van der Waals surface area contributed by atoms with Gasteiger partial charge in [0.2, 0.25) is 0 Å². The molecule has 0 aliphatic carbocycles. The van der Waals surface area contributed by atoms with Crippen molar-refractivity contribution in [3.8, 4) is 11.5 Å². The van der Waals surface area contributed by atoms with Gasteiger partial charge in [0.05, 0.1) is 18.7 Å². The molecular weight excluding hydrogens is 444 g/mol. The Kier molecular flexibility index (Phi) is 9.09. The van der Waals surface area contributed by atoms with Crippen molar-refractivity contribution in [1.82, 2.24) is 9.80 Å². The molecule has 0 radical (unpaired) electrons. The zero-order valence-corrected chi connectivity index (χ0v) is 20.7. The third kappa shape index (κ3) is 5.92. The van der Waals surface area contributed by atoms with Crippen LogP contribution in [0.2, 0.25) is 0 Å². The summed E-state index contributed by atoms with van der Waals surface area (Å²) in [5, 5.41) is 11.2. The smallest absolute Gasteiger partial charge is 0.295 e. The fraction of sp³-hybridized carbons (Fsp3) is 0.357. The summed E-state index contributed by atoms with van der Waals surface area (Å²) in [6.45, 7) is 11.3. The molecule has 7 heteroatoms. The largest absolute Gasteiger partial charge is 0.507 e. The van der Waals surface area contributed by atoms with Crippen LogP contribution in [0.25, 0.3) is 5.76 Å². The predicted octanol–water partition coefficient (Wildman–Crippen LogP) is 4.41. The second-order valence-corrected chi connectivity index (χ2v) is 8.27. The lowest BCUT2D eigenvalue weighted by Crippen LogP contribution is -2.33. The summed E-state index contributed by atoms with van der Waals surface area (Å²) in [5.74, 6) is -0.198. The summed E-state index contributed by atoms with van der Waals surface area (Å²) in [6.07, 6.45) is 2.38. The summed E-state index contributed by atoms with van der Waals surface area (Å²) in [4.78, 5) is 30.1. The molecule has 7 nitrogen and oxygen atoms in total. The molecule has 1 saturated heterocycles. The van der Waals surface area contributed by atoms with Gasteiger partial charge in [-0.2, -0.15) is 0 Å². The van der Waals surface area contributed by atoms with Gasteiger partial charge in [-0.3, -0.25) is 9.59 Å². The van der Waals surface area contributed by atoms with E-state index in [4.69, 9.17) is 9.47 Å². The maximum Gasteiger partial charge on any atom is 0.295 e. The van der Waals surface area contributed by atoms with Gasteiger partial charge in [-0.25, -0.2) is 0 Å². The molecule has 2 aromatic carbocycles. The zero-order valence-electron chi connectivity index (χ0n) is 20.7. The number of likely N-dealkylation sites (tertiary alicyclic amines) is 1. The Labute approximate surface area is 207 Å². The Morgan fingerprint density at radius 3 is 2.26 bits per heavy atom. The molecule has 1 aliphatic rings. The Bertz CT molecular complexity index is 1060. The van der Waals surface area contributed by atoms with E-state index in [0.29, 0.717) is 36.6 Å². The van der Waals surface area contributed by atoms with Crippen LogP contribution in [0.3, 0.4) is 0 Å². The number of Topliss-reactive ketones (excluding diaryl/α,β-unsaturated/α-hetero) is 1. The average Bonchev–Trinajstić information content (AvgIpc) is 3.14. The number of nitrogens with zero attached hydrogens (tertiary/aromatic N) is 2. The molecule has 1 heterocycles. The first-order valence-corrected chi connectivity index (χ1v) is 11.9. The van der Waals surface area contributed by atoms with Crippen molar-refractivity contribution >= 4 is 17.4 Å². The van der Waals surface area contributed by atoms with Crippen LogP contribution >= 0.6 is 0 Å². The molecule has 1 aliphatic heterocycles. The first-order valence-electron chi connectivity index (χ1n) is 11.9. The Balaban J connectivity index is 2.00. The second kappa shape index (κ2) is 12.2. The summed E-state index contributed by atoms with van der Waals surface area (Å²) in [5.41, 5.74) is 1.26. The fourth-order valence-electron chi connectivity index (χ4n) is 4.27. The van der Waals surface area contributed by atoms with Gasteiger partial charge in [0.15, 0.2) is 0 Å². The van der Waals surface area contributed by atoms with E-state index in [9.17, 15) is 14.7 Å². The molecular formula is C28H34N2O5. The van der Waals surface area contributed by atoms with Crippen molar-refractivity contribution in [3.05, 3.63) is 77.9 Å². The van der Waals surface area contributed by atoms with Gasteiger partial charge in [-0.15, -0.1) is 0 Å². The molecule has 1 N–H and O–H groups in total. The third-order valence-electron chi connectivity index (χ3n) is 6.23. The number of benzene rings is 2. The van der Waals surface area contributed by atoms with E-state index >= 15 is 0 Å². The number of aliphatic hydroxyl groups is 1. The number of methoxy groups -OCH3 is 1. The van der Waals surface area contributed by atoms with E-state index in [0.717, 1.165) is 25.2 Å². The molecule has 0 saturated carbocycles. The van der Waals surface area contributed by atoms with Gasteiger partial charge in [0.1, 0.15) is 23.9 Å². The van der Waals surface area contributed by atoms with Crippen molar-refractivity contribution in [2.75, 3.05) is 39.9 Å². The lowest BCUT2D eigenvalue weighted by molar-refractivity contribution is -0.140. The predicted molar refractivity (Wildman–Crippen MR) is 137 cm³/mol. The van der Waals surface area contributed by atoms with Crippen molar-refractivity contribution in [2.45, 2.75) is 26.3 Å². The Morgan fingerprint density at radius 2 is 1.69 bits per heavy atom. The van der Waals surface area contributed by atoms with Gasteiger partial charge < -0.3 is 24.4 Å². The molecule has 186 valence electrons. The number of rotatable bonds is 12. The number of amides is 1. The monoisotopic (exact) mass is 478 g/mol. The van der Waals surface area contributed by atoms with E-state index in [-0.39, 0.29) is 11.3 Å². The van der Waals surface area contributed by atoms with Crippen LogP contribution in [0.1, 0.15) is 37.4 Å². The SMILES string of the molecule is C=CCOc1ccc(C2/C(=C(/O)c3ccc(OC)cc3)C(=O)C(=O)N2CCCN(CC)CC)cc1. The highest BCUT2D eigenvalue weighted by Crippen LogP contribution is 2.40. The number of hydrogen-bond donors (Lipinski definition) is 1. The summed E-state index contributed by atoms with van der Waals surface area (Å²) in [7, 11) is 1.56. The topological polar surface area (TPSA) is 79.3 Å². The van der Waals surface area contributed by atoms with Crippen LogP contribution < -0.4 is 9.47 Å². The highest BCUT2D eigenvalue weighted by molar-refractivity contribution is 6.46. The molecule has 3 rings (SSSR count). The summed E-state index contributed by atoms with van der Waals surface area (Å²) >= 11 is 0. The minimum absolute atomic E-state index is 0.0859. The average molecular weight is 479 g/mol. The maximum absolute atomic E-state index is 13.2. The van der Waals surface area contributed by atoms with E-state index in [1.165, 1.54) is 0 Å². The fourth-order valence-corrected chi connectivity index (χ4v) is 4.27. The third-order valence-corrected chi connectivity index (χ3v) is 6.23. The number of ketones is 1. The number of carbonyl (C=O) groups is 2. The highest BCUT2D eigenvalue weighted by atomic mass is 16.5. The lowest BCUT2D eigenvalue weighted by Gasteiger charge is -2.27. The van der Waals surface area contributed by atoms with Gasteiger partial charge in [0.25, 0.3) is 11.7 Å². The lowest BCUT2D eigenvalue weighted by atomic mass is 9.95. The molecule has 1 unspecified atom stereocenters. The molecule has 2 aromatic rings. The maximum atomic E-state index is 13.2. The van der Waals surface area contributed by atoms with Crippen LogP contribution in [-0.2, 0) is 9.59 Å². The number of ether oxygens (including phenoxy) is 2. The summed E-state index contributed by atoms with van der Waals surface area (Å²) in [6, 6.07) is 13.3. The molecule has 0 aromatic heterocycles. The van der Waals surface area contributed by atoms with E-state index in [1.54, 1.807) is 54.5 Å². The summed E-state index contributed by atoms with van der Waals surface area (Å²) < 4.78 is 10.8. The Morgan fingerprint density at radius 1 is 1.06 bits per heavy atom. The van der Waals surface area contributed by atoms with Crippen LogP contribution in [-0.4, -0.2) is 66.5 Å². The van der Waals surface area contributed by atoms with Gasteiger partial charge in [-0.05, 0) is 68.0 Å².